The molecule has 0 bridgehead atoms. The number of hydrogen-bond donors (Lipinski definition) is 1. The number of anilines is 1. The number of terminal acetylenes is 1. The lowest BCUT2D eigenvalue weighted by atomic mass is 9.86. The van der Waals surface area contributed by atoms with Gasteiger partial charge in [0.25, 0.3) is 5.95 Å². The quantitative estimate of drug-likeness (QED) is 0.481. The summed E-state index contributed by atoms with van der Waals surface area (Å²) in [6.45, 7) is 2.09. The number of hydrogen-bond acceptors (Lipinski definition) is 6. The number of fused-ring (bicyclic) bond motifs is 1. The number of carbonyl (C=O) groups is 1. The molecule has 0 saturated heterocycles. The molecule has 33 heavy (non-hydrogen) atoms. The zero-order valence-corrected chi connectivity index (χ0v) is 17.9. The van der Waals surface area contributed by atoms with Crippen LogP contribution in [0.4, 0.5) is 5.82 Å². The molecule has 2 aromatic heterocycles. The number of aryl methyl sites for hydroxylation is 1. The van der Waals surface area contributed by atoms with Crippen molar-refractivity contribution in [3.8, 4) is 35.3 Å². The summed E-state index contributed by atoms with van der Waals surface area (Å²) in [7, 11) is 0. The minimum absolute atomic E-state index is 0.115. The van der Waals surface area contributed by atoms with Gasteiger partial charge in [-0.05, 0) is 24.6 Å². The second-order valence-electron chi connectivity index (χ2n) is 7.64. The van der Waals surface area contributed by atoms with Crippen LogP contribution in [0.2, 0.25) is 0 Å². The normalized spacial score (nSPS) is 14.8. The lowest BCUT2D eigenvalue weighted by Crippen LogP contribution is -2.25. The molecule has 1 unspecified atom stereocenters. The van der Waals surface area contributed by atoms with E-state index < -0.39 is 0 Å². The van der Waals surface area contributed by atoms with Crippen molar-refractivity contribution in [3.05, 3.63) is 77.6 Å². The number of rotatable bonds is 5. The SMILES string of the molecule is C#CCOc1cccc(C2CC(=O)Nc3c2c(C)nn3-c2nncc(-c3ccccc3)n2)c1. The molecule has 1 atom stereocenters. The maximum absolute atomic E-state index is 12.7. The predicted molar refractivity (Wildman–Crippen MR) is 123 cm³/mol. The third kappa shape index (κ3) is 3.92. The van der Waals surface area contributed by atoms with Gasteiger partial charge in [0.1, 0.15) is 18.2 Å². The summed E-state index contributed by atoms with van der Waals surface area (Å²) in [5, 5.41) is 15.9. The molecule has 1 aliphatic rings. The van der Waals surface area contributed by atoms with Crippen LogP contribution in [0.1, 0.15) is 29.2 Å². The highest BCUT2D eigenvalue weighted by molar-refractivity contribution is 5.95. The van der Waals surface area contributed by atoms with Gasteiger partial charge in [0, 0.05) is 23.5 Å². The fourth-order valence-electron chi connectivity index (χ4n) is 4.05. The highest BCUT2D eigenvalue weighted by Crippen LogP contribution is 2.40. The molecule has 0 aliphatic carbocycles. The zero-order chi connectivity index (χ0) is 22.8. The number of amides is 1. The van der Waals surface area contributed by atoms with E-state index in [2.05, 4.69) is 31.5 Å². The Morgan fingerprint density at radius 1 is 1.21 bits per heavy atom. The first-order valence-electron chi connectivity index (χ1n) is 10.4. The van der Waals surface area contributed by atoms with Gasteiger partial charge in [-0.15, -0.1) is 11.5 Å². The first-order chi connectivity index (χ1) is 16.1. The predicted octanol–water partition coefficient (Wildman–Crippen LogP) is 3.52. The van der Waals surface area contributed by atoms with Crippen LogP contribution in [0.15, 0.2) is 60.8 Å². The average molecular weight is 436 g/mol. The van der Waals surface area contributed by atoms with E-state index in [-0.39, 0.29) is 24.4 Å². The number of carbonyl (C=O) groups excluding carboxylic acids is 1. The molecule has 0 spiro atoms. The molecule has 1 N–H and O–H groups in total. The average Bonchev–Trinajstić information content (AvgIpc) is 3.19. The molecule has 0 fully saturated rings. The van der Waals surface area contributed by atoms with Gasteiger partial charge in [0.05, 0.1) is 17.6 Å². The van der Waals surface area contributed by atoms with Crippen LogP contribution in [0.5, 0.6) is 5.75 Å². The van der Waals surface area contributed by atoms with Crippen molar-refractivity contribution in [2.45, 2.75) is 19.3 Å². The number of nitrogens with one attached hydrogen (secondary N) is 1. The molecule has 8 nitrogen and oxygen atoms in total. The highest BCUT2D eigenvalue weighted by Gasteiger charge is 2.33. The Morgan fingerprint density at radius 3 is 2.88 bits per heavy atom. The molecular weight excluding hydrogens is 416 g/mol. The van der Waals surface area contributed by atoms with Gasteiger partial charge in [-0.2, -0.15) is 14.9 Å². The van der Waals surface area contributed by atoms with E-state index in [0.717, 1.165) is 22.4 Å². The lowest BCUT2D eigenvalue weighted by Gasteiger charge is -2.24. The molecule has 2 aromatic carbocycles. The lowest BCUT2D eigenvalue weighted by molar-refractivity contribution is -0.116. The number of nitrogens with zero attached hydrogens (tertiary/aromatic N) is 5. The second kappa shape index (κ2) is 8.55. The Labute approximate surface area is 190 Å². The Bertz CT molecular complexity index is 1370. The van der Waals surface area contributed by atoms with Gasteiger partial charge in [-0.3, -0.25) is 4.79 Å². The van der Waals surface area contributed by atoms with Crippen molar-refractivity contribution in [2.24, 2.45) is 0 Å². The summed E-state index contributed by atoms with van der Waals surface area (Å²) in [4.78, 5) is 17.3. The first-order valence-corrected chi connectivity index (χ1v) is 10.4. The van der Waals surface area contributed by atoms with E-state index in [9.17, 15) is 4.79 Å². The zero-order valence-electron chi connectivity index (χ0n) is 17.9. The fraction of sp³-hybridized carbons (Fsp3) is 0.160. The topological polar surface area (TPSA) is 94.8 Å². The van der Waals surface area contributed by atoms with Crippen molar-refractivity contribution in [2.75, 3.05) is 11.9 Å². The largest absolute Gasteiger partial charge is 0.481 e. The summed E-state index contributed by atoms with van der Waals surface area (Å²) in [5.74, 6) is 3.65. The smallest absolute Gasteiger partial charge is 0.272 e. The second-order valence-corrected chi connectivity index (χ2v) is 7.64. The number of benzene rings is 2. The van der Waals surface area contributed by atoms with Crippen LogP contribution in [-0.4, -0.2) is 37.5 Å². The maximum atomic E-state index is 12.7. The summed E-state index contributed by atoms with van der Waals surface area (Å²) in [6, 6.07) is 17.3. The number of ether oxygens (including phenoxy) is 1. The highest BCUT2D eigenvalue weighted by atomic mass is 16.5. The van der Waals surface area contributed by atoms with Crippen LogP contribution in [0.25, 0.3) is 17.2 Å². The Kier molecular flexibility index (Phi) is 5.29. The maximum Gasteiger partial charge on any atom is 0.272 e. The van der Waals surface area contributed by atoms with Gasteiger partial charge < -0.3 is 10.1 Å². The minimum Gasteiger partial charge on any atom is -0.481 e. The summed E-state index contributed by atoms with van der Waals surface area (Å²) in [6.07, 6.45) is 7.20. The number of aromatic nitrogens is 5. The molecule has 5 rings (SSSR count). The molecule has 1 amide bonds. The third-order valence-corrected chi connectivity index (χ3v) is 5.49. The summed E-state index contributed by atoms with van der Waals surface area (Å²) < 4.78 is 7.12. The molecule has 0 radical (unpaired) electrons. The van der Waals surface area contributed by atoms with Crippen molar-refractivity contribution in [3.63, 3.8) is 0 Å². The Morgan fingerprint density at radius 2 is 2.06 bits per heavy atom. The van der Waals surface area contributed by atoms with Crippen LogP contribution in [-0.2, 0) is 4.79 Å². The molecular formula is C25H20N6O2. The Hall–Kier alpha value is -4.51. The van der Waals surface area contributed by atoms with Crippen LogP contribution in [0, 0.1) is 19.3 Å². The van der Waals surface area contributed by atoms with Crippen LogP contribution < -0.4 is 10.1 Å². The molecule has 8 heteroatoms. The molecule has 3 heterocycles. The van der Waals surface area contributed by atoms with E-state index >= 15 is 0 Å². The van der Waals surface area contributed by atoms with Gasteiger partial charge in [0.15, 0.2) is 0 Å². The van der Waals surface area contributed by atoms with Gasteiger partial charge in [-0.1, -0.05) is 48.4 Å². The molecule has 4 aromatic rings. The minimum atomic E-state index is -0.192. The van der Waals surface area contributed by atoms with Crippen LogP contribution >= 0.6 is 0 Å². The van der Waals surface area contributed by atoms with Crippen LogP contribution in [0.3, 0.4) is 0 Å². The third-order valence-electron chi connectivity index (χ3n) is 5.49. The van der Waals surface area contributed by atoms with E-state index in [1.54, 1.807) is 10.9 Å². The standard InChI is InChI=1S/C25H20N6O2/c1-3-12-33-19-11-7-10-18(13-19)20-14-22(32)28-24-23(20)16(2)30-31(24)25-27-21(15-26-29-25)17-8-5-4-6-9-17/h1,4-11,13,15,20H,12,14H2,2H3,(H,28,32). The van der Waals surface area contributed by atoms with Crippen molar-refractivity contribution >= 4 is 11.7 Å². The Balaban J connectivity index is 1.57. The monoisotopic (exact) mass is 436 g/mol. The van der Waals surface area contributed by atoms with Gasteiger partial charge in [0.2, 0.25) is 5.91 Å². The summed E-state index contributed by atoms with van der Waals surface area (Å²) >= 11 is 0. The summed E-state index contributed by atoms with van der Waals surface area (Å²) in [5.41, 5.74) is 4.22. The van der Waals surface area contributed by atoms with Gasteiger partial charge in [-0.25, -0.2) is 4.98 Å². The van der Waals surface area contributed by atoms with E-state index in [1.165, 1.54) is 0 Å². The molecule has 0 saturated carbocycles. The fourth-order valence-corrected chi connectivity index (χ4v) is 4.05. The van der Waals surface area contributed by atoms with E-state index in [0.29, 0.717) is 23.7 Å². The van der Waals surface area contributed by atoms with Crippen molar-refractivity contribution in [1.82, 2.24) is 25.0 Å². The van der Waals surface area contributed by atoms with Gasteiger partial charge >= 0.3 is 0 Å². The molecule has 1 aliphatic heterocycles. The van der Waals surface area contributed by atoms with Crippen molar-refractivity contribution in [1.29, 1.82) is 0 Å². The van der Waals surface area contributed by atoms with E-state index in [4.69, 9.17) is 11.2 Å². The molecule has 162 valence electrons. The first kappa shape index (κ1) is 20.4. The van der Waals surface area contributed by atoms with Crippen molar-refractivity contribution < 1.29 is 9.53 Å². The van der Waals surface area contributed by atoms with E-state index in [1.807, 2.05) is 61.5 Å².